The van der Waals surface area contributed by atoms with E-state index in [-0.39, 0.29) is 12.5 Å². The highest BCUT2D eigenvalue weighted by molar-refractivity contribution is 5.77. The lowest BCUT2D eigenvalue weighted by Gasteiger charge is -2.23. The molecule has 0 saturated heterocycles. The van der Waals surface area contributed by atoms with Crippen LogP contribution in [0.2, 0.25) is 0 Å². The number of amides is 1. The van der Waals surface area contributed by atoms with Gasteiger partial charge >= 0.3 is 0 Å². The molecule has 5 nitrogen and oxygen atoms in total. The van der Waals surface area contributed by atoms with E-state index in [0.717, 1.165) is 0 Å². The van der Waals surface area contributed by atoms with Crippen molar-refractivity contribution in [3.05, 3.63) is 0 Å². The number of nitriles is 1. The first kappa shape index (κ1) is 14.9. The Hall–Kier alpha value is -1.12. The van der Waals surface area contributed by atoms with Crippen molar-refractivity contribution in [2.45, 2.75) is 20.3 Å². The van der Waals surface area contributed by atoms with Crippen molar-refractivity contribution < 1.29 is 9.53 Å². The zero-order valence-corrected chi connectivity index (χ0v) is 10.1. The molecule has 1 amide bonds. The average Bonchev–Trinajstić information content (AvgIpc) is 2.23. The summed E-state index contributed by atoms with van der Waals surface area (Å²) in [4.78, 5) is 13.4. The number of nitrogens with two attached hydrogens (primary N) is 1. The molecule has 0 aliphatic carbocycles. The van der Waals surface area contributed by atoms with E-state index in [1.165, 1.54) is 0 Å². The van der Waals surface area contributed by atoms with E-state index in [1.807, 2.05) is 19.9 Å². The molecule has 0 rings (SSSR count). The predicted molar refractivity (Wildman–Crippen MR) is 61.5 cm³/mol. The minimum atomic E-state index is -0.0719. The summed E-state index contributed by atoms with van der Waals surface area (Å²) in [5, 5.41) is 8.51. The Morgan fingerprint density at radius 2 is 2.25 bits per heavy atom. The van der Waals surface area contributed by atoms with Crippen LogP contribution in [0.15, 0.2) is 0 Å². The third-order valence-corrected chi connectivity index (χ3v) is 1.92. The predicted octanol–water partition coefficient (Wildman–Crippen LogP) is 0.360. The summed E-state index contributed by atoms with van der Waals surface area (Å²) in [6, 6.07) is 2.04. The number of hydrogen-bond donors (Lipinski definition) is 1. The topological polar surface area (TPSA) is 79.3 Å². The van der Waals surface area contributed by atoms with Gasteiger partial charge in [-0.3, -0.25) is 4.79 Å². The van der Waals surface area contributed by atoms with Gasteiger partial charge in [0.25, 0.3) is 0 Å². The summed E-state index contributed by atoms with van der Waals surface area (Å²) in [5.41, 5.74) is 5.26. The summed E-state index contributed by atoms with van der Waals surface area (Å²) in [5.74, 6) is 0.314. The molecule has 0 radical (unpaired) electrons. The van der Waals surface area contributed by atoms with Gasteiger partial charge in [-0.15, -0.1) is 0 Å². The maximum atomic E-state index is 11.7. The van der Waals surface area contributed by atoms with Crippen LogP contribution in [0.1, 0.15) is 20.3 Å². The summed E-state index contributed by atoms with van der Waals surface area (Å²) in [6.07, 6.45) is 0.356. The molecule has 16 heavy (non-hydrogen) atoms. The normalized spacial score (nSPS) is 10.2. The average molecular weight is 227 g/mol. The van der Waals surface area contributed by atoms with Gasteiger partial charge in [0.1, 0.15) is 6.61 Å². The first-order chi connectivity index (χ1) is 7.61. The van der Waals surface area contributed by atoms with Gasteiger partial charge in [0.15, 0.2) is 0 Å². The van der Waals surface area contributed by atoms with Gasteiger partial charge in [-0.25, -0.2) is 0 Å². The number of ether oxygens (including phenoxy) is 1. The van der Waals surface area contributed by atoms with E-state index in [9.17, 15) is 4.79 Å². The Bertz CT molecular complexity index is 236. The second kappa shape index (κ2) is 9.13. The fourth-order valence-electron chi connectivity index (χ4n) is 1.28. The van der Waals surface area contributed by atoms with Gasteiger partial charge in [-0.05, 0) is 5.92 Å². The van der Waals surface area contributed by atoms with Crippen LogP contribution >= 0.6 is 0 Å². The monoisotopic (exact) mass is 227 g/mol. The number of carbonyl (C=O) groups is 1. The van der Waals surface area contributed by atoms with Gasteiger partial charge in [0, 0.05) is 19.6 Å². The van der Waals surface area contributed by atoms with Gasteiger partial charge in [-0.2, -0.15) is 5.26 Å². The zero-order valence-electron chi connectivity index (χ0n) is 10.1. The molecule has 0 aromatic rings. The van der Waals surface area contributed by atoms with Crippen LogP contribution in [-0.4, -0.2) is 43.7 Å². The number of nitrogens with zero attached hydrogens (tertiary/aromatic N) is 2. The van der Waals surface area contributed by atoms with Crippen LogP contribution in [0.25, 0.3) is 0 Å². The Labute approximate surface area is 97.2 Å². The molecule has 2 N–H and O–H groups in total. The molecule has 0 bridgehead atoms. The van der Waals surface area contributed by atoms with Crippen molar-refractivity contribution in [3.8, 4) is 6.07 Å². The molecule has 0 heterocycles. The Morgan fingerprint density at radius 3 is 2.75 bits per heavy atom. The Kier molecular flexibility index (Phi) is 8.49. The third-order valence-electron chi connectivity index (χ3n) is 1.92. The molecule has 92 valence electrons. The molecule has 0 unspecified atom stereocenters. The standard InChI is InChI=1S/C11H21N3O2/c1-10(2)8-14(6-3-4-12)11(15)9-16-7-5-13/h10H,3,5-9,13H2,1-2H3. The van der Waals surface area contributed by atoms with Crippen LogP contribution in [0, 0.1) is 17.2 Å². The minimum absolute atomic E-state index is 0.0509. The molecule has 0 aromatic carbocycles. The van der Waals surface area contributed by atoms with E-state index in [1.54, 1.807) is 4.90 Å². The van der Waals surface area contributed by atoms with Crippen molar-refractivity contribution >= 4 is 5.91 Å². The zero-order chi connectivity index (χ0) is 12.4. The van der Waals surface area contributed by atoms with E-state index in [4.69, 9.17) is 15.7 Å². The van der Waals surface area contributed by atoms with E-state index >= 15 is 0 Å². The molecular weight excluding hydrogens is 206 g/mol. The van der Waals surface area contributed by atoms with Crippen molar-refractivity contribution in [2.24, 2.45) is 11.7 Å². The van der Waals surface area contributed by atoms with Crippen LogP contribution < -0.4 is 5.73 Å². The van der Waals surface area contributed by atoms with E-state index in [0.29, 0.717) is 38.6 Å². The van der Waals surface area contributed by atoms with Crippen molar-refractivity contribution in [1.29, 1.82) is 5.26 Å². The molecule has 0 aliphatic rings. The van der Waals surface area contributed by atoms with Crippen molar-refractivity contribution in [2.75, 3.05) is 32.8 Å². The van der Waals surface area contributed by atoms with Gasteiger partial charge in [-0.1, -0.05) is 13.8 Å². The fraction of sp³-hybridized carbons (Fsp3) is 0.818. The minimum Gasteiger partial charge on any atom is -0.370 e. The highest BCUT2D eigenvalue weighted by atomic mass is 16.5. The summed E-state index contributed by atoms with van der Waals surface area (Å²) < 4.78 is 5.09. The van der Waals surface area contributed by atoms with Gasteiger partial charge < -0.3 is 15.4 Å². The Morgan fingerprint density at radius 1 is 1.56 bits per heavy atom. The number of hydrogen-bond acceptors (Lipinski definition) is 4. The van der Waals surface area contributed by atoms with Crippen LogP contribution in [0.4, 0.5) is 0 Å². The maximum absolute atomic E-state index is 11.7. The largest absolute Gasteiger partial charge is 0.370 e. The highest BCUT2D eigenvalue weighted by Gasteiger charge is 2.14. The fourth-order valence-corrected chi connectivity index (χ4v) is 1.28. The smallest absolute Gasteiger partial charge is 0.248 e. The van der Waals surface area contributed by atoms with E-state index in [2.05, 4.69) is 0 Å². The van der Waals surface area contributed by atoms with Crippen LogP contribution in [0.5, 0.6) is 0 Å². The SMILES string of the molecule is CC(C)CN(CCC#N)C(=O)COCCN. The number of rotatable bonds is 8. The summed E-state index contributed by atoms with van der Waals surface area (Å²) in [7, 11) is 0. The van der Waals surface area contributed by atoms with Gasteiger partial charge in [0.05, 0.1) is 19.1 Å². The second-order valence-electron chi connectivity index (χ2n) is 3.98. The lowest BCUT2D eigenvalue weighted by molar-refractivity contribution is -0.136. The maximum Gasteiger partial charge on any atom is 0.248 e. The van der Waals surface area contributed by atoms with Crippen molar-refractivity contribution in [3.63, 3.8) is 0 Å². The van der Waals surface area contributed by atoms with Crippen molar-refractivity contribution in [1.82, 2.24) is 4.90 Å². The second-order valence-corrected chi connectivity index (χ2v) is 3.98. The first-order valence-corrected chi connectivity index (χ1v) is 5.54. The lowest BCUT2D eigenvalue weighted by Crippen LogP contribution is -2.37. The van der Waals surface area contributed by atoms with Crippen LogP contribution in [-0.2, 0) is 9.53 Å². The molecule has 0 spiro atoms. The number of carbonyl (C=O) groups excluding carboxylic acids is 1. The molecule has 0 saturated carbocycles. The lowest BCUT2D eigenvalue weighted by atomic mass is 10.2. The molecule has 0 aromatic heterocycles. The molecule has 0 aliphatic heterocycles. The molecule has 0 atom stereocenters. The first-order valence-electron chi connectivity index (χ1n) is 5.54. The summed E-state index contributed by atoms with van der Waals surface area (Å²) >= 11 is 0. The molecular formula is C11H21N3O2. The summed E-state index contributed by atoms with van der Waals surface area (Å²) in [6.45, 7) is 6.05. The third kappa shape index (κ3) is 7.21. The Balaban J connectivity index is 4.05. The van der Waals surface area contributed by atoms with Gasteiger partial charge in [0.2, 0.25) is 5.91 Å². The molecule has 5 heteroatoms. The quantitative estimate of drug-likeness (QED) is 0.607. The molecule has 0 fully saturated rings. The highest BCUT2D eigenvalue weighted by Crippen LogP contribution is 2.01. The van der Waals surface area contributed by atoms with E-state index < -0.39 is 0 Å². The van der Waals surface area contributed by atoms with Crippen LogP contribution in [0.3, 0.4) is 0 Å².